The second-order valence-electron chi connectivity index (χ2n) is 4.54. The summed E-state index contributed by atoms with van der Waals surface area (Å²) < 4.78 is 6.28. The number of para-hydroxylation sites is 1. The van der Waals surface area contributed by atoms with Crippen molar-refractivity contribution in [3.8, 4) is 5.75 Å². The fourth-order valence-electron chi connectivity index (χ4n) is 1.77. The first-order chi connectivity index (χ1) is 10.5. The largest absolute Gasteiger partial charge is 0.492 e. The lowest BCUT2D eigenvalue weighted by molar-refractivity contribution is 0.102. The lowest BCUT2D eigenvalue weighted by Crippen LogP contribution is -2.12. The van der Waals surface area contributed by atoms with E-state index >= 15 is 0 Å². The molecule has 6 heteroatoms. The Morgan fingerprint density at radius 1 is 1.23 bits per heavy atom. The first-order valence-corrected chi connectivity index (χ1v) is 8.25. The number of nitrogens with one attached hydrogen (secondary N) is 1. The van der Waals surface area contributed by atoms with E-state index in [9.17, 15) is 4.79 Å². The molecule has 0 radical (unpaired) electrons. The van der Waals surface area contributed by atoms with Crippen molar-refractivity contribution in [3.63, 3.8) is 0 Å². The minimum atomic E-state index is -0.294. The van der Waals surface area contributed by atoms with E-state index in [1.165, 1.54) is 0 Å². The number of amides is 1. The zero-order valence-electron chi connectivity index (χ0n) is 11.8. The Kier molecular flexibility index (Phi) is 6.12. The first-order valence-electron chi connectivity index (χ1n) is 6.70. The van der Waals surface area contributed by atoms with Crippen molar-refractivity contribution in [3.05, 3.63) is 56.5 Å². The zero-order valence-corrected chi connectivity index (χ0v) is 14.9. The monoisotopic (exact) mass is 401 g/mol. The summed E-state index contributed by atoms with van der Waals surface area (Å²) in [5.41, 5.74) is 0.880. The molecule has 2 aromatic rings. The minimum absolute atomic E-state index is 0.294. The molecule has 2 rings (SSSR count). The van der Waals surface area contributed by atoms with Gasteiger partial charge >= 0.3 is 0 Å². The van der Waals surface area contributed by atoms with Crippen LogP contribution < -0.4 is 10.1 Å². The van der Waals surface area contributed by atoms with Gasteiger partial charge in [0.1, 0.15) is 5.75 Å². The van der Waals surface area contributed by atoms with Gasteiger partial charge in [-0.1, -0.05) is 36.2 Å². The number of ether oxygens (including phenoxy) is 1. The second-order valence-corrected chi connectivity index (χ2v) is 6.21. The maximum absolute atomic E-state index is 12.3. The fraction of sp³-hybridized carbons (Fsp3) is 0.188. The normalized spacial score (nSPS) is 10.4. The van der Waals surface area contributed by atoms with Crippen molar-refractivity contribution >= 4 is 50.7 Å². The third kappa shape index (κ3) is 4.15. The summed E-state index contributed by atoms with van der Waals surface area (Å²) in [7, 11) is 0. The maximum Gasteiger partial charge on any atom is 0.255 e. The molecule has 0 aliphatic heterocycles. The molecule has 0 aliphatic rings. The van der Waals surface area contributed by atoms with Gasteiger partial charge < -0.3 is 10.1 Å². The molecule has 0 fully saturated rings. The van der Waals surface area contributed by atoms with Gasteiger partial charge in [-0.15, -0.1) is 0 Å². The molecule has 3 nitrogen and oxygen atoms in total. The van der Waals surface area contributed by atoms with Crippen molar-refractivity contribution in [1.82, 2.24) is 0 Å². The second kappa shape index (κ2) is 7.86. The molecule has 0 spiro atoms. The van der Waals surface area contributed by atoms with Crippen molar-refractivity contribution in [2.45, 2.75) is 13.3 Å². The van der Waals surface area contributed by atoms with Crippen molar-refractivity contribution in [1.29, 1.82) is 0 Å². The van der Waals surface area contributed by atoms with Crippen LogP contribution in [0.3, 0.4) is 0 Å². The molecule has 0 saturated carbocycles. The van der Waals surface area contributed by atoms with E-state index in [4.69, 9.17) is 27.9 Å². The molecule has 1 N–H and O–H groups in total. The van der Waals surface area contributed by atoms with Crippen molar-refractivity contribution in [2.75, 3.05) is 11.9 Å². The number of hydrogen-bond donors (Lipinski definition) is 1. The van der Waals surface area contributed by atoms with E-state index in [0.29, 0.717) is 33.7 Å². The summed E-state index contributed by atoms with van der Waals surface area (Å²) in [5, 5.41) is 3.50. The standard InChI is InChI=1S/C16H14BrCl2NO2/c1-2-8-22-14-7-6-10(9-11(14)17)16(21)20-15-12(18)4-3-5-13(15)19/h3-7,9H,2,8H2,1H3,(H,20,21). The molecular weight excluding hydrogens is 389 g/mol. The van der Waals surface area contributed by atoms with Crippen LogP contribution in [0.1, 0.15) is 23.7 Å². The predicted molar refractivity (Wildman–Crippen MR) is 94.3 cm³/mol. The van der Waals surface area contributed by atoms with Crippen LogP contribution in [0.2, 0.25) is 10.0 Å². The molecule has 116 valence electrons. The number of anilines is 1. The highest BCUT2D eigenvalue weighted by atomic mass is 79.9. The van der Waals surface area contributed by atoms with Crippen LogP contribution in [0.5, 0.6) is 5.75 Å². The molecule has 0 bridgehead atoms. The summed E-state index contributed by atoms with van der Waals surface area (Å²) in [6, 6.07) is 10.2. The Morgan fingerprint density at radius 3 is 2.50 bits per heavy atom. The fourth-order valence-corrected chi connectivity index (χ4v) is 2.76. The molecule has 0 heterocycles. The molecule has 0 saturated heterocycles. The number of rotatable bonds is 5. The molecule has 22 heavy (non-hydrogen) atoms. The first kappa shape index (κ1) is 17.1. The molecule has 1 amide bonds. The molecule has 0 aromatic heterocycles. The minimum Gasteiger partial charge on any atom is -0.492 e. The smallest absolute Gasteiger partial charge is 0.255 e. The molecule has 0 unspecified atom stereocenters. The molecule has 0 atom stereocenters. The molecular formula is C16H14BrCl2NO2. The number of halogens is 3. The Bertz CT molecular complexity index is 672. The van der Waals surface area contributed by atoms with Crippen molar-refractivity contribution in [2.24, 2.45) is 0 Å². The number of benzene rings is 2. The van der Waals surface area contributed by atoms with Gasteiger partial charge in [0.15, 0.2) is 0 Å². The summed E-state index contributed by atoms with van der Waals surface area (Å²) in [4.78, 5) is 12.3. The van der Waals surface area contributed by atoms with E-state index in [1.807, 2.05) is 6.92 Å². The number of carbonyl (C=O) groups is 1. The van der Waals surface area contributed by atoms with Crippen LogP contribution in [-0.2, 0) is 0 Å². The van der Waals surface area contributed by atoms with E-state index < -0.39 is 0 Å². The van der Waals surface area contributed by atoms with Crippen LogP contribution in [0.25, 0.3) is 0 Å². The summed E-state index contributed by atoms with van der Waals surface area (Å²) in [6.07, 6.45) is 0.916. The van der Waals surface area contributed by atoms with Gasteiger partial charge in [0.2, 0.25) is 0 Å². The van der Waals surface area contributed by atoms with Crippen LogP contribution in [-0.4, -0.2) is 12.5 Å². The summed E-state index contributed by atoms with van der Waals surface area (Å²) in [5.74, 6) is 0.409. The summed E-state index contributed by atoms with van der Waals surface area (Å²) >= 11 is 15.5. The number of carbonyl (C=O) groups excluding carboxylic acids is 1. The van der Waals surface area contributed by atoms with Gasteiger partial charge in [-0.2, -0.15) is 0 Å². The van der Waals surface area contributed by atoms with E-state index in [-0.39, 0.29) is 5.91 Å². The van der Waals surface area contributed by atoms with Gasteiger partial charge in [-0.05, 0) is 52.7 Å². The van der Waals surface area contributed by atoms with Gasteiger partial charge in [0, 0.05) is 5.56 Å². The average molecular weight is 403 g/mol. The Morgan fingerprint density at radius 2 is 1.91 bits per heavy atom. The Labute approximate surface area is 147 Å². The maximum atomic E-state index is 12.3. The van der Waals surface area contributed by atoms with E-state index in [2.05, 4.69) is 21.2 Å². The SMILES string of the molecule is CCCOc1ccc(C(=O)Nc2c(Cl)cccc2Cl)cc1Br. The highest BCUT2D eigenvalue weighted by Gasteiger charge is 2.13. The van der Waals surface area contributed by atoms with Gasteiger partial charge in [0.25, 0.3) is 5.91 Å². The Balaban J connectivity index is 2.18. The van der Waals surface area contributed by atoms with Gasteiger partial charge in [-0.3, -0.25) is 4.79 Å². The van der Waals surface area contributed by atoms with Crippen LogP contribution >= 0.6 is 39.1 Å². The average Bonchev–Trinajstić information content (AvgIpc) is 2.49. The topological polar surface area (TPSA) is 38.3 Å². The third-order valence-corrected chi connectivity index (χ3v) is 4.11. The van der Waals surface area contributed by atoms with E-state index in [1.54, 1.807) is 36.4 Å². The van der Waals surface area contributed by atoms with Crippen LogP contribution in [0, 0.1) is 0 Å². The lowest BCUT2D eigenvalue weighted by Gasteiger charge is -2.11. The zero-order chi connectivity index (χ0) is 16.1. The van der Waals surface area contributed by atoms with Gasteiger partial charge in [0.05, 0.1) is 26.8 Å². The van der Waals surface area contributed by atoms with Gasteiger partial charge in [-0.25, -0.2) is 0 Å². The van der Waals surface area contributed by atoms with E-state index in [0.717, 1.165) is 10.9 Å². The van der Waals surface area contributed by atoms with Crippen LogP contribution in [0.15, 0.2) is 40.9 Å². The Hall–Kier alpha value is -1.23. The molecule has 2 aromatic carbocycles. The quantitative estimate of drug-likeness (QED) is 0.686. The summed E-state index contributed by atoms with van der Waals surface area (Å²) in [6.45, 7) is 2.66. The highest BCUT2D eigenvalue weighted by molar-refractivity contribution is 9.10. The molecule has 0 aliphatic carbocycles. The predicted octanol–water partition coefficient (Wildman–Crippen LogP) is 5.80. The van der Waals surface area contributed by atoms with Crippen molar-refractivity contribution < 1.29 is 9.53 Å². The number of hydrogen-bond acceptors (Lipinski definition) is 2. The van der Waals surface area contributed by atoms with Crippen LogP contribution in [0.4, 0.5) is 5.69 Å². The highest BCUT2D eigenvalue weighted by Crippen LogP contribution is 2.31. The lowest BCUT2D eigenvalue weighted by atomic mass is 10.2. The third-order valence-electron chi connectivity index (χ3n) is 2.86.